The van der Waals surface area contributed by atoms with Gasteiger partial charge in [0.15, 0.2) is 8.32 Å². The first-order valence-corrected chi connectivity index (χ1v) is 9.89. The monoisotopic (exact) mass is 289 g/mol. The van der Waals surface area contributed by atoms with Crippen molar-refractivity contribution in [3.8, 4) is 0 Å². The van der Waals surface area contributed by atoms with Gasteiger partial charge in [-0.15, -0.1) is 0 Å². The quantitative estimate of drug-likeness (QED) is 0.850. The Morgan fingerprint density at radius 3 is 2.40 bits per heavy atom. The Morgan fingerprint density at radius 1 is 1.15 bits per heavy atom. The van der Waals surface area contributed by atoms with E-state index in [4.69, 9.17) is 5.11 Å². The SMILES string of the molecule is CC(C)(Cc1ccc2ccc(CO)nc2c1)[Si](C)(C)O. The van der Waals surface area contributed by atoms with E-state index in [0.29, 0.717) is 5.69 Å². The van der Waals surface area contributed by atoms with Crippen LogP contribution in [-0.4, -0.2) is 23.2 Å². The summed E-state index contributed by atoms with van der Waals surface area (Å²) in [5.41, 5.74) is 2.77. The molecule has 1 heterocycles. The summed E-state index contributed by atoms with van der Waals surface area (Å²) in [6, 6.07) is 10.0. The summed E-state index contributed by atoms with van der Waals surface area (Å²) in [6.45, 7) is 8.18. The van der Waals surface area contributed by atoms with Crippen molar-refractivity contribution in [2.45, 2.75) is 45.0 Å². The molecule has 0 radical (unpaired) electrons. The minimum absolute atomic E-state index is 0.0394. The maximum Gasteiger partial charge on any atom is 0.188 e. The lowest BCUT2D eigenvalue weighted by Gasteiger charge is -2.35. The van der Waals surface area contributed by atoms with Crippen LogP contribution in [0.3, 0.4) is 0 Å². The van der Waals surface area contributed by atoms with Gasteiger partial charge in [0.05, 0.1) is 17.8 Å². The Labute approximate surface area is 121 Å². The Bertz CT molecular complexity index is 617. The molecular formula is C16H23NO2Si. The summed E-state index contributed by atoms with van der Waals surface area (Å²) in [5, 5.41) is 10.2. The average Bonchev–Trinajstić information content (AvgIpc) is 2.36. The van der Waals surface area contributed by atoms with Crippen molar-refractivity contribution in [1.29, 1.82) is 0 Å². The molecular weight excluding hydrogens is 266 g/mol. The number of pyridine rings is 1. The summed E-state index contributed by atoms with van der Waals surface area (Å²) in [5.74, 6) is 0. The molecule has 20 heavy (non-hydrogen) atoms. The number of aliphatic hydroxyl groups is 1. The van der Waals surface area contributed by atoms with E-state index in [1.54, 1.807) is 0 Å². The minimum atomic E-state index is -2.21. The van der Waals surface area contributed by atoms with Gasteiger partial charge < -0.3 is 9.90 Å². The van der Waals surface area contributed by atoms with Crippen molar-refractivity contribution in [3.05, 3.63) is 41.6 Å². The Hall–Kier alpha value is -1.23. The van der Waals surface area contributed by atoms with Crippen molar-refractivity contribution in [2.75, 3.05) is 0 Å². The highest BCUT2D eigenvalue weighted by Crippen LogP contribution is 2.38. The molecule has 3 nitrogen and oxygen atoms in total. The molecule has 0 saturated carbocycles. The van der Waals surface area contributed by atoms with Crippen LogP contribution in [0.25, 0.3) is 10.9 Å². The molecule has 0 spiro atoms. The third kappa shape index (κ3) is 3.08. The van der Waals surface area contributed by atoms with Crippen molar-refractivity contribution in [3.63, 3.8) is 0 Å². The van der Waals surface area contributed by atoms with Crippen molar-refractivity contribution in [2.24, 2.45) is 0 Å². The smallest absolute Gasteiger partial charge is 0.188 e. The summed E-state index contributed by atoms with van der Waals surface area (Å²) in [4.78, 5) is 14.8. The van der Waals surface area contributed by atoms with Crippen LogP contribution in [0.1, 0.15) is 25.1 Å². The molecule has 2 rings (SSSR count). The second-order valence-electron chi connectivity index (χ2n) is 6.61. The van der Waals surface area contributed by atoms with Crippen LogP contribution >= 0.6 is 0 Å². The highest BCUT2D eigenvalue weighted by Gasteiger charge is 2.37. The van der Waals surface area contributed by atoms with Crippen LogP contribution in [0.15, 0.2) is 30.3 Å². The van der Waals surface area contributed by atoms with Gasteiger partial charge in [0.25, 0.3) is 0 Å². The fourth-order valence-corrected chi connectivity index (χ4v) is 2.77. The first-order valence-electron chi connectivity index (χ1n) is 6.95. The number of benzene rings is 1. The second-order valence-corrected chi connectivity index (χ2v) is 11.1. The van der Waals surface area contributed by atoms with E-state index >= 15 is 0 Å². The van der Waals surface area contributed by atoms with E-state index in [9.17, 15) is 4.80 Å². The van der Waals surface area contributed by atoms with E-state index in [0.717, 1.165) is 17.3 Å². The summed E-state index contributed by atoms with van der Waals surface area (Å²) in [7, 11) is -2.21. The number of aromatic nitrogens is 1. The largest absolute Gasteiger partial charge is 0.432 e. The van der Waals surface area contributed by atoms with Crippen LogP contribution in [-0.2, 0) is 13.0 Å². The zero-order valence-corrected chi connectivity index (χ0v) is 13.6. The number of aliphatic hydroxyl groups excluding tert-OH is 1. The van der Waals surface area contributed by atoms with E-state index in [1.165, 1.54) is 5.56 Å². The van der Waals surface area contributed by atoms with Crippen molar-refractivity contribution < 1.29 is 9.90 Å². The molecule has 4 heteroatoms. The number of hydrogen-bond acceptors (Lipinski definition) is 3. The van der Waals surface area contributed by atoms with E-state index in [-0.39, 0.29) is 11.6 Å². The standard InChI is InChI=1S/C16H23NO2Si/c1-16(2,20(3,4)19)10-12-5-6-13-7-8-14(11-18)17-15(13)9-12/h5-9,18-19H,10-11H2,1-4H3. The van der Waals surface area contributed by atoms with E-state index < -0.39 is 8.32 Å². The maximum absolute atomic E-state index is 10.4. The van der Waals surface area contributed by atoms with Crippen LogP contribution in [0.4, 0.5) is 0 Å². The zero-order chi connectivity index (χ0) is 15.0. The van der Waals surface area contributed by atoms with Gasteiger partial charge in [-0.2, -0.15) is 0 Å². The van der Waals surface area contributed by atoms with Crippen LogP contribution in [0.5, 0.6) is 0 Å². The Balaban J connectivity index is 2.36. The molecule has 108 valence electrons. The molecule has 1 aromatic heterocycles. The zero-order valence-electron chi connectivity index (χ0n) is 12.6. The van der Waals surface area contributed by atoms with Crippen LogP contribution < -0.4 is 0 Å². The molecule has 0 saturated heterocycles. The molecule has 0 amide bonds. The summed E-state index contributed by atoms with van der Waals surface area (Å²) in [6.07, 6.45) is 0.837. The van der Waals surface area contributed by atoms with Crippen molar-refractivity contribution >= 4 is 19.2 Å². The summed E-state index contributed by atoms with van der Waals surface area (Å²) >= 11 is 0. The molecule has 0 aliphatic carbocycles. The fourth-order valence-electron chi connectivity index (χ4n) is 2.13. The molecule has 2 aromatic rings. The van der Waals surface area contributed by atoms with Gasteiger partial charge in [-0.05, 0) is 42.2 Å². The highest BCUT2D eigenvalue weighted by molar-refractivity contribution is 6.72. The lowest BCUT2D eigenvalue weighted by atomic mass is 10.0. The molecule has 2 N–H and O–H groups in total. The number of fused-ring (bicyclic) bond motifs is 1. The van der Waals surface area contributed by atoms with Gasteiger partial charge in [-0.3, -0.25) is 4.98 Å². The fraction of sp³-hybridized carbons (Fsp3) is 0.438. The molecule has 0 aliphatic heterocycles. The first-order chi connectivity index (χ1) is 9.23. The topological polar surface area (TPSA) is 53.4 Å². The van der Waals surface area contributed by atoms with Gasteiger partial charge in [-0.1, -0.05) is 32.0 Å². The highest BCUT2D eigenvalue weighted by atomic mass is 28.4. The lowest BCUT2D eigenvalue weighted by Crippen LogP contribution is -2.40. The molecule has 1 aromatic carbocycles. The van der Waals surface area contributed by atoms with Crippen LogP contribution in [0, 0.1) is 0 Å². The predicted octanol–water partition coefficient (Wildman–Crippen LogP) is 3.25. The molecule has 0 bridgehead atoms. The number of nitrogens with zero attached hydrogens (tertiary/aromatic N) is 1. The van der Waals surface area contributed by atoms with Gasteiger partial charge in [-0.25, -0.2) is 0 Å². The normalized spacial score (nSPS) is 12.9. The van der Waals surface area contributed by atoms with Crippen LogP contribution in [0.2, 0.25) is 18.1 Å². The van der Waals surface area contributed by atoms with Gasteiger partial charge in [0, 0.05) is 5.39 Å². The van der Waals surface area contributed by atoms with Crippen molar-refractivity contribution in [1.82, 2.24) is 4.98 Å². The third-order valence-electron chi connectivity index (χ3n) is 4.28. The van der Waals surface area contributed by atoms with E-state index in [2.05, 4.69) is 37.0 Å². The lowest BCUT2D eigenvalue weighted by molar-refractivity contribution is 0.277. The Kier molecular flexibility index (Phi) is 4.00. The summed E-state index contributed by atoms with van der Waals surface area (Å²) < 4.78 is 0. The first kappa shape index (κ1) is 15.2. The second kappa shape index (κ2) is 5.28. The van der Waals surface area contributed by atoms with Gasteiger partial charge >= 0.3 is 0 Å². The predicted molar refractivity (Wildman–Crippen MR) is 85.1 cm³/mol. The minimum Gasteiger partial charge on any atom is -0.432 e. The Morgan fingerprint density at radius 2 is 1.80 bits per heavy atom. The van der Waals surface area contributed by atoms with Gasteiger partial charge in [0.2, 0.25) is 0 Å². The molecule has 0 fully saturated rings. The number of rotatable bonds is 4. The average molecular weight is 289 g/mol. The van der Waals surface area contributed by atoms with E-state index in [1.807, 2.05) is 25.2 Å². The number of hydrogen-bond donors (Lipinski definition) is 2. The maximum atomic E-state index is 10.4. The van der Waals surface area contributed by atoms with Gasteiger partial charge in [0.1, 0.15) is 0 Å². The molecule has 0 unspecified atom stereocenters. The molecule has 0 aliphatic rings. The third-order valence-corrected chi connectivity index (χ3v) is 7.77. The molecule has 0 atom stereocenters.